The summed E-state index contributed by atoms with van der Waals surface area (Å²) in [6.45, 7) is 0.0529. The van der Waals surface area contributed by atoms with Crippen LogP contribution < -0.4 is 5.32 Å². The lowest BCUT2D eigenvalue weighted by Gasteiger charge is -2.15. The maximum atomic E-state index is 12.0. The Morgan fingerprint density at radius 2 is 2.26 bits per heavy atom. The molecule has 0 unspecified atom stereocenters. The molecule has 0 spiro atoms. The summed E-state index contributed by atoms with van der Waals surface area (Å²) in [5.74, 6) is 0.545. The van der Waals surface area contributed by atoms with Gasteiger partial charge in [0.1, 0.15) is 0 Å². The molecule has 2 amide bonds. The van der Waals surface area contributed by atoms with E-state index in [1.807, 2.05) is 0 Å². The quantitative estimate of drug-likeness (QED) is 0.757. The molecule has 23 heavy (non-hydrogen) atoms. The number of hydrogen-bond acceptors (Lipinski definition) is 7. The monoisotopic (exact) mass is 336 g/mol. The van der Waals surface area contributed by atoms with Crippen molar-refractivity contribution in [1.82, 2.24) is 20.4 Å². The number of aromatic nitrogens is 2. The van der Waals surface area contributed by atoms with Crippen LogP contribution in [-0.2, 0) is 9.59 Å². The van der Waals surface area contributed by atoms with E-state index in [2.05, 4.69) is 15.5 Å². The fraction of sp³-hybridized carbons (Fsp3) is 0.429. The summed E-state index contributed by atoms with van der Waals surface area (Å²) < 4.78 is 10.5. The molecule has 1 aliphatic rings. The number of carbonyl (C=O) groups is 2. The number of amides is 2. The van der Waals surface area contributed by atoms with Crippen LogP contribution >= 0.6 is 11.8 Å². The van der Waals surface area contributed by atoms with E-state index in [4.69, 9.17) is 8.83 Å². The molecule has 0 bridgehead atoms. The van der Waals surface area contributed by atoms with E-state index >= 15 is 0 Å². The van der Waals surface area contributed by atoms with Gasteiger partial charge in [-0.15, -0.1) is 10.2 Å². The third kappa shape index (κ3) is 4.35. The van der Waals surface area contributed by atoms with E-state index in [9.17, 15) is 9.59 Å². The molecule has 0 atom stereocenters. The van der Waals surface area contributed by atoms with Crippen LogP contribution in [0.15, 0.2) is 32.5 Å². The van der Waals surface area contributed by atoms with E-state index in [1.165, 1.54) is 11.2 Å². The van der Waals surface area contributed by atoms with Gasteiger partial charge in [-0.25, -0.2) is 0 Å². The number of nitrogens with zero attached hydrogens (tertiary/aromatic N) is 3. The lowest BCUT2D eigenvalue weighted by Crippen LogP contribution is -2.39. The predicted molar refractivity (Wildman–Crippen MR) is 81.5 cm³/mol. The first-order valence-electron chi connectivity index (χ1n) is 7.15. The zero-order valence-electron chi connectivity index (χ0n) is 12.5. The van der Waals surface area contributed by atoms with Gasteiger partial charge in [-0.1, -0.05) is 11.8 Å². The lowest BCUT2D eigenvalue weighted by atomic mass is 10.5. The third-order valence-electron chi connectivity index (χ3n) is 3.21. The molecule has 0 aromatic carbocycles. The summed E-state index contributed by atoms with van der Waals surface area (Å²) in [5.41, 5.74) is 0. The molecule has 2 aromatic rings. The van der Waals surface area contributed by atoms with Gasteiger partial charge < -0.3 is 19.1 Å². The first kappa shape index (κ1) is 15.6. The topological polar surface area (TPSA) is 101 Å². The molecule has 1 fully saturated rings. The minimum absolute atomic E-state index is 0.0529. The Hall–Kier alpha value is -2.29. The minimum atomic E-state index is -0.182. The van der Waals surface area contributed by atoms with Crippen molar-refractivity contribution in [3.05, 3.63) is 18.4 Å². The van der Waals surface area contributed by atoms with Crippen molar-refractivity contribution < 1.29 is 18.4 Å². The maximum absolute atomic E-state index is 12.0. The molecule has 1 aliphatic carbocycles. The fourth-order valence-corrected chi connectivity index (χ4v) is 2.51. The van der Waals surface area contributed by atoms with Crippen LogP contribution in [0, 0.1) is 0 Å². The number of nitrogens with one attached hydrogen (secondary N) is 1. The summed E-state index contributed by atoms with van der Waals surface area (Å²) in [4.78, 5) is 25.0. The second kappa shape index (κ2) is 6.86. The van der Waals surface area contributed by atoms with Crippen LogP contribution in [0.2, 0.25) is 0 Å². The summed E-state index contributed by atoms with van der Waals surface area (Å²) in [5, 5.41) is 10.8. The lowest BCUT2D eigenvalue weighted by molar-refractivity contribution is -0.132. The zero-order valence-corrected chi connectivity index (χ0v) is 13.3. The minimum Gasteiger partial charge on any atom is -0.459 e. The van der Waals surface area contributed by atoms with Gasteiger partial charge in [0.05, 0.1) is 18.6 Å². The SMILES string of the molecule is CN(CC(=O)NC1CC1)C(=O)CSc1nnc(-c2ccco2)o1. The van der Waals surface area contributed by atoms with E-state index in [0.29, 0.717) is 11.8 Å². The number of likely N-dealkylation sites (N-methyl/N-ethyl adjacent to an activating group) is 1. The van der Waals surface area contributed by atoms with E-state index < -0.39 is 0 Å². The Balaban J connectivity index is 1.45. The van der Waals surface area contributed by atoms with Gasteiger partial charge in [-0.05, 0) is 25.0 Å². The standard InChI is InChI=1S/C14H16N4O4S/c1-18(7-11(19)15-9-4-5-9)12(20)8-23-14-17-16-13(22-14)10-3-2-6-21-10/h2-3,6,9H,4-5,7-8H2,1H3,(H,15,19). The van der Waals surface area contributed by atoms with Crippen LogP contribution in [-0.4, -0.2) is 52.3 Å². The third-order valence-corrected chi connectivity index (χ3v) is 4.01. The van der Waals surface area contributed by atoms with E-state index in [1.54, 1.807) is 19.2 Å². The molecule has 9 heteroatoms. The van der Waals surface area contributed by atoms with Gasteiger partial charge in [0.2, 0.25) is 11.8 Å². The summed E-state index contributed by atoms with van der Waals surface area (Å²) in [6.07, 6.45) is 3.56. The predicted octanol–water partition coefficient (Wildman–Crippen LogP) is 1.16. The number of thioether (sulfide) groups is 1. The first-order valence-corrected chi connectivity index (χ1v) is 8.14. The molecule has 3 rings (SSSR count). The molecule has 0 saturated heterocycles. The number of hydrogen-bond donors (Lipinski definition) is 1. The van der Waals surface area contributed by atoms with Gasteiger partial charge in [-0.3, -0.25) is 9.59 Å². The average molecular weight is 336 g/mol. The Morgan fingerprint density at radius 1 is 1.43 bits per heavy atom. The van der Waals surface area contributed by atoms with Crippen molar-refractivity contribution in [2.75, 3.05) is 19.3 Å². The van der Waals surface area contributed by atoms with Gasteiger partial charge in [0.15, 0.2) is 5.76 Å². The average Bonchev–Trinajstić information content (AvgIpc) is 3.03. The molecule has 0 aliphatic heterocycles. The van der Waals surface area contributed by atoms with Crippen LogP contribution in [0.25, 0.3) is 11.7 Å². The van der Waals surface area contributed by atoms with E-state index in [-0.39, 0.29) is 35.2 Å². The smallest absolute Gasteiger partial charge is 0.284 e. The van der Waals surface area contributed by atoms with Crippen LogP contribution in [0.1, 0.15) is 12.8 Å². The molecule has 1 saturated carbocycles. The first-order chi connectivity index (χ1) is 11.1. The Labute approximate surface area is 136 Å². The summed E-state index contributed by atoms with van der Waals surface area (Å²) in [6, 6.07) is 3.72. The molecule has 122 valence electrons. The van der Waals surface area contributed by atoms with Crippen LogP contribution in [0.5, 0.6) is 0 Å². The molecule has 2 aromatic heterocycles. The molecule has 0 radical (unpaired) electrons. The van der Waals surface area contributed by atoms with Crippen molar-refractivity contribution in [2.24, 2.45) is 0 Å². The van der Waals surface area contributed by atoms with Crippen molar-refractivity contribution >= 4 is 23.6 Å². The number of carbonyl (C=O) groups excluding carboxylic acids is 2. The number of furan rings is 1. The maximum Gasteiger partial charge on any atom is 0.284 e. The molecule has 1 N–H and O–H groups in total. The molecular formula is C14H16N4O4S. The Morgan fingerprint density at radius 3 is 2.96 bits per heavy atom. The van der Waals surface area contributed by atoms with Crippen LogP contribution in [0.4, 0.5) is 0 Å². The van der Waals surface area contributed by atoms with Crippen molar-refractivity contribution in [3.8, 4) is 11.7 Å². The van der Waals surface area contributed by atoms with Gasteiger partial charge in [-0.2, -0.15) is 0 Å². The summed E-state index contributed by atoms with van der Waals surface area (Å²) >= 11 is 1.12. The Kier molecular flexibility index (Phi) is 4.65. The highest BCUT2D eigenvalue weighted by molar-refractivity contribution is 7.99. The zero-order chi connectivity index (χ0) is 16.2. The highest BCUT2D eigenvalue weighted by atomic mass is 32.2. The highest BCUT2D eigenvalue weighted by Crippen LogP contribution is 2.23. The van der Waals surface area contributed by atoms with Crippen LogP contribution in [0.3, 0.4) is 0 Å². The van der Waals surface area contributed by atoms with Gasteiger partial charge >= 0.3 is 0 Å². The largest absolute Gasteiger partial charge is 0.459 e. The van der Waals surface area contributed by atoms with Gasteiger partial charge in [0, 0.05) is 13.1 Å². The van der Waals surface area contributed by atoms with E-state index in [0.717, 1.165) is 24.6 Å². The van der Waals surface area contributed by atoms with Crippen molar-refractivity contribution in [2.45, 2.75) is 24.1 Å². The summed E-state index contributed by atoms with van der Waals surface area (Å²) in [7, 11) is 1.59. The molecular weight excluding hydrogens is 320 g/mol. The normalized spacial score (nSPS) is 13.8. The second-order valence-electron chi connectivity index (χ2n) is 5.23. The van der Waals surface area contributed by atoms with Crippen molar-refractivity contribution in [1.29, 1.82) is 0 Å². The second-order valence-corrected chi connectivity index (χ2v) is 6.16. The molecule has 2 heterocycles. The highest BCUT2D eigenvalue weighted by Gasteiger charge is 2.24. The Bertz CT molecular complexity index is 681. The van der Waals surface area contributed by atoms with Gasteiger partial charge in [0.25, 0.3) is 11.1 Å². The molecule has 8 nitrogen and oxygen atoms in total. The van der Waals surface area contributed by atoms with Crippen molar-refractivity contribution in [3.63, 3.8) is 0 Å². The number of rotatable bonds is 7. The fourth-order valence-electron chi connectivity index (χ4n) is 1.81.